The third kappa shape index (κ3) is 6.89. The number of hydrogen-bond acceptors (Lipinski definition) is 6. The second-order valence-electron chi connectivity index (χ2n) is 10.4. The number of nitrogens with zero attached hydrogens (tertiary/aromatic N) is 3. The number of carbonyl (C=O) groups is 4. The molecule has 0 aliphatic carbocycles. The molecule has 198 valence electrons. The lowest BCUT2D eigenvalue weighted by Gasteiger charge is -2.42. The Labute approximate surface area is 212 Å². The van der Waals surface area contributed by atoms with Crippen LogP contribution in [0.2, 0.25) is 0 Å². The number of carbonyl (C=O) groups excluding carboxylic acids is 3. The molecule has 0 radical (unpaired) electrons. The maximum Gasteiger partial charge on any atom is 0.411 e. The van der Waals surface area contributed by atoms with Crippen molar-refractivity contribution in [2.24, 2.45) is 5.92 Å². The van der Waals surface area contributed by atoms with Crippen LogP contribution in [0.1, 0.15) is 52.0 Å². The minimum Gasteiger partial charge on any atom is -0.480 e. The molecule has 2 heterocycles. The largest absolute Gasteiger partial charge is 0.480 e. The van der Waals surface area contributed by atoms with E-state index >= 15 is 0 Å². The first kappa shape index (κ1) is 27.3. The van der Waals surface area contributed by atoms with Crippen molar-refractivity contribution in [1.82, 2.24) is 14.7 Å². The molecule has 10 nitrogen and oxygen atoms in total. The van der Waals surface area contributed by atoms with Crippen LogP contribution in [0.15, 0.2) is 30.3 Å². The first-order chi connectivity index (χ1) is 17.0. The molecule has 0 unspecified atom stereocenters. The Bertz CT molecular complexity index is 939. The van der Waals surface area contributed by atoms with E-state index in [-0.39, 0.29) is 25.1 Å². The van der Waals surface area contributed by atoms with Gasteiger partial charge in [-0.05, 0) is 52.0 Å². The van der Waals surface area contributed by atoms with Crippen molar-refractivity contribution in [2.45, 2.75) is 70.7 Å². The van der Waals surface area contributed by atoms with Gasteiger partial charge in [0.1, 0.15) is 18.2 Å². The molecule has 2 aliphatic heterocycles. The van der Waals surface area contributed by atoms with E-state index in [1.165, 1.54) is 4.90 Å². The number of carboxylic acids is 1. The number of ether oxygens (including phenoxy) is 2. The van der Waals surface area contributed by atoms with Gasteiger partial charge in [0, 0.05) is 32.7 Å². The zero-order chi connectivity index (χ0) is 26.5. The number of hydrogen-bond donors (Lipinski definition) is 1. The number of amides is 3. The molecule has 2 aliphatic rings. The highest BCUT2D eigenvalue weighted by molar-refractivity contribution is 5.89. The lowest BCUT2D eigenvalue weighted by molar-refractivity contribution is -0.155. The molecule has 2 fully saturated rings. The highest BCUT2D eigenvalue weighted by Crippen LogP contribution is 2.29. The Hall–Kier alpha value is -3.30. The van der Waals surface area contributed by atoms with Crippen LogP contribution < -0.4 is 0 Å². The van der Waals surface area contributed by atoms with E-state index in [4.69, 9.17) is 9.47 Å². The smallest absolute Gasteiger partial charge is 0.411 e. The standard InChI is InChI=1S/C26H37N3O7/c1-26(2,3)36-25(34)29-14-8-11-20(21(29)23(31)32)22(30)27(4)19-12-15-28(16-13-19)24(33)35-17-18-9-6-5-7-10-18/h5-7,9-10,19-21H,8,11-17H2,1-4H3,(H,31,32)/t20-,21+/m0/s1. The van der Waals surface area contributed by atoms with Crippen molar-refractivity contribution in [3.63, 3.8) is 0 Å². The Balaban J connectivity index is 1.57. The summed E-state index contributed by atoms with van der Waals surface area (Å²) in [6.07, 6.45) is 0.893. The van der Waals surface area contributed by atoms with Crippen LogP contribution in [0.5, 0.6) is 0 Å². The van der Waals surface area contributed by atoms with E-state index in [1.54, 1.807) is 37.6 Å². The summed E-state index contributed by atoms with van der Waals surface area (Å²) < 4.78 is 10.8. The van der Waals surface area contributed by atoms with E-state index < -0.39 is 35.7 Å². The molecule has 0 saturated carbocycles. The molecule has 3 amide bonds. The van der Waals surface area contributed by atoms with E-state index in [9.17, 15) is 24.3 Å². The van der Waals surface area contributed by atoms with Gasteiger partial charge in [-0.15, -0.1) is 0 Å². The lowest BCUT2D eigenvalue weighted by Crippen LogP contribution is -2.58. The quantitative estimate of drug-likeness (QED) is 0.655. The minimum absolute atomic E-state index is 0.137. The van der Waals surface area contributed by atoms with Gasteiger partial charge in [0.05, 0.1) is 5.92 Å². The van der Waals surface area contributed by atoms with Gasteiger partial charge >= 0.3 is 18.2 Å². The summed E-state index contributed by atoms with van der Waals surface area (Å²) in [6, 6.07) is 8.03. The normalized spacial score (nSPS) is 21.0. The van der Waals surface area contributed by atoms with Crippen LogP contribution in [0.3, 0.4) is 0 Å². The molecule has 2 atom stereocenters. The third-order valence-corrected chi connectivity index (χ3v) is 6.65. The average molecular weight is 504 g/mol. The van der Waals surface area contributed by atoms with Crippen LogP contribution >= 0.6 is 0 Å². The zero-order valence-corrected chi connectivity index (χ0v) is 21.5. The molecule has 2 saturated heterocycles. The Kier molecular flexibility index (Phi) is 8.81. The summed E-state index contributed by atoms with van der Waals surface area (Å²) in [6.45, 7) is 6.44. The van der Waals surface area contributed by atoms with Gasteiger partial charge in [0.15, 0.2) is 0 Å². The molecule has 0 spiro atoms. The van der Waals surface area contributed by atoms with Crippen molar-refractivity contribution < 1.29 is 33.8 Å². The molecule has 1 N–H and O–H groups in total. The van der Waals surface area contributed by atoms with Gasteiger partial charge < -0.3 is 24.4 Å². The fourth-order valence-corrected chi connectivity index (χ4v) is 4.77. The van der Waals surface area contributed by atoms with Crippen molar-refractivity contribution in [3.8, 4) is 0 Å². The van der Waals surface area contributed by atoms with Crippen molar-refractivity contribution >= 4 is 24.1 Å². The van der Waals surface area contributed by atoms with E-state index in [0.717, 1.165) is 5.56 Å². The predicted octanol–water partition coefficient (Wildman–Crippen LogP) is 3.35. The third-order valence-electron chi connectivity index (χ3n) is 6.65. The van der Waals surface area contributed by atoms with Gasteiger partial charge in [0.25, 0.3) is 0 Å². The fraction of sp³-hybridized carbons (Fsp3) is 0.615. The molecule has 10 heteroatoms. The van der Waals surface area contributed by atoms with E-state index in [1.807, 2.05) is 30.3 Å². The number of piperidine rings is 2. The highest BCUT2D eigenvalue weighted by atomic mass is 16.6. The molecule has 0 bridgehead atoms. The van der Waals surface area contributed by atoms with E-state index in [0.29, 0.717) is 38.8 Å². The van der Waals surface area contributed by atoms with Crippen LogP contribution in [0.4, 0.5) is 9.59 Å². The Morgan fingerprint density at radius 2 is 1.64 bits per heavy atom. The maximum absolute atomic E-state index is 13.4. The van der Waals surface area contributed by atoms with Gasteiger partial charge in [-0.2, -0.15) is 0 Å². The van der Waals surface area contributed by atoms with Crippen molar-refractivity contribution in [1.29, 1.82) is 0 Å². The number of likely N-dealkylation sites (tertiary alicyclic amines) is 2. The minimum atomic E-state index is -1.28. The van der Waals surface area contributed by atoms with Crippen LogP contribution in [-0.4, -0.2) is 88.2 Å². The zero-order valence-electron chi connectivity index (χ0n) is 21.5. The molecule has 1 aromatic carbocycles. The van der Waals surface area contributed by atoms with Crippen LogP contribution in [0.25, 0.3) is 0 Å². The summed E-state index contributed by atoms with van der Waals surface area (Å²) in [7, 11) is 1.67. The number of benzene rings is 1. The molecular weight excluding hydrogens is 466 g/mol. The molecule has 1 aromatic rings. The Morgan fingerprint density at radius 1 is 1.00 bits per heavy atom. The monoisotopic (exact) mass is 503 g/mol. The summed E-state index contributed by atoms with van der Waals surface area (Å²) in [5.74, 6) is -2.38. The summed E-state index contributed by atoms with van der Waals surface area (Å²) >= 11 is 0. The summed E-state index contributed by atoms with van der Waals surface area (Å²) in [5, 5.41) is 9.92. The molecule has 36 heavy (non-hydrogen) atoms. The predicted molar refractivity (Wildman–Crippen MR) is 131 cm³/mol. The van der Waals surface area contributed by atoms with Gasteiger partial charge in [-0.1, -0.05) is 30.3 Å². The maximum atomic E-state index is 13.4. The molecule has 3 rings (SSSR count). The fourth-order valence-electron chi connectivity index (χ4n) is 4.77. The lowest BCUT2D eigenvalue weighted by atomic mass is 9.87. The number of rotatable bonds is 5. The summed E-state index contributed by atoms with van der Waals surface area (Å²) in [4.78, 5) is 55.1. The van der Waals surface area contributed by atoms with E-state index in [2.05, 4.69) is 0 Å². The van der Waals surface area contributed by atoms with Gasteiger partial charge in [0.2, 0.25) is 5.91 Å². The summed E-state index contributed by atoms with van der Waals surface area (Å²) in [5.41, 5.74) is 0.136. The van der Waals surface area contributed by atoms with Gasteiger partial charge in [-0.3, -0.25) is 9.69 Å². The second-order valence-corrected chi connectivity index (χ2v) is 10.4. The molecule has 0 aromatic heterocycles. The number of aliphatic carboxylic acids is 1. The first-order valence-corrected chi connectivity index (χ1v) is 12.4. The highest BCUT2D eigenvalue weighted by Gasteiger charge is 2.46. The van der Waals surface area contributed by atoms with Crippen molar-refractivity contribution in [3.05, 3.63) is 35.9 Å². The van der Waals surface area contributed by atoms with Crippen molar-refractivity contribution in [2.75, 3.05) is 26.7 Å². The topological polar surface area (TPSA) is 117 Å². The first-order valence-electron chi connectivity index (χ1n) is 12.4. The van der Waals surface area contributed by atoms with Crippen LogP contribution in [-0.2, 0) is 25.7 Å². The average Bonchev–Trinajstić information content (AvgIpc) is 2.85. The molecular formula is C26H37N3O7. The Morgan fingerprint density at radius 3 is 2.22 bits per heavy atom. The second kappa shape index (κ2) is 11.6. The van der Waals surface area contributed by atoms with Gasteiger partial charge in [-0.25, -0.2) is 14.4 Å². The number of carboxylic acid groups (broad SMARTS) is 1. The SMILES string of the molecule is CN(C(=O)[C@H]1CCCN(C(=O)OC(C)(C)C)[C@H]1C(=O)O)C1CCN(C(=O)OCc2ccccc2)CC1. The van der Waals surface area contributed by atoms with Crippen LogP contribution in [0, 0.1) is 5.92 Å².